The summed E-state index contributed by atoms with van der Waals surface area (Å²) in [5, 5.41) is 3.20. The van der Waals surface area contributed by atoms with E-state index >= 15 is 0 Å². The monoisotopic (exact) mass is 293 g/mol. The summed E-state index contributed by atoms with van der Waals surface area (Å²) in [7, 11) is 0. The molecule has 0 saturated heterocycles. The van der Waals surface area contributed by atoms with E-state index in [2.05, 4.69) is 10.3 Å². The summed E-state index contributed by atoms with van der Waals surface area (Å²) in [5.41, 5.74) is 0. The molecule has 0 bridgehead atoms. The summed E-state index contributed by atoms with van der Waals surface area (Å²) >= 11 is 0. The van der Waals surface area contributed by atoms with Crippen molar-refractivity contribution in [3.8, 4) is 0 Å². The number of ether oxygens (including phenoxy) is 1. The van der Waals surface area contributed by atoms with Gasteiger partial charge in [-0.1, -0.05) is 6.92 Å². The van der Waals surface area contributed by atoms with Crippen LogP contribution >= 0.6 is 0 Å². The van der Waals surface area contributed by atoms with E-state index in [1.807, 2.05) is 24.6 Å². The summed E-state index contributed by atoms with van der Waals surface area (Å²) in [5.74, 6) is 0.858. The molecule has 0 aliphatic heterocycles. The van der Waals surface area contributed by atoms with E-state index in [0.717, 1.165) is 25.3 Å². The molecule has 20 heavy (non-hydrogen) atoms. The van der Waals surface area contributed by atoms with Gasteiger partial charge in [-0.3, -0.25) is 0 Å². The minimum atomic E-state index is -4.28. The van der Waals surface area contributed by atoms with Crippen LogP contribution in [0.4, 0.5) is 13.2 Å². The first-order valence-electron chi connectivity index (χ1n) is 6.84. The first-order chi connectivity index (χ1) is 9.46. The minimum absolute atomic E-state index is 0.0239. The number of halogens is 3. The van der Waals surface area contributed by atoms with Gasteiger partial charge in [0.25, 0.3) is 0 Å². The smallest absolute Gasteiger partial charge is 0.370 e. The maximum atomic E-state index is 12.1. The van der Waals surface area contributed by atoms with Crippen molar-refractivity contribution in [2.24, 2.45) is 0 Å². The van der Waals surface area contributed by atoms with Crippen molar-refractivity contribution < 1.29 is 17.9 Å². The van der Waals surface area contributed by atoms with E-state index < -0.39 is 12.8 Å². The van der Waals surface area contributed by atoms with Crippen molar-refractivity contribution in [1.29, 1.82) is 0 Å². The SMILES string of the molecule is CCCNC(COCC(F)(F)F)Cc1nccn1CC. The number of hydrogen-bond donors (Lipinski definition) is 1. The molecule has 0 radical (unpaired) electrons. The number of nitrogens with one attached hydrogen (secondary N) is 1. The van der Waals surface area contributed by atoms with E-state index in [0.29, 0.717) is 6.42 Å². The Balaban J connectivity index is 2.51. The van der Waals surface area contributed by atoms with Crippen LogP contribution in [0.2, 0.25) is 0 Å². The highest BCUT2D eigenvalue weighted by Crippen LogP contribution is 2.14. The Morgan fingerprint density at radius 2 is 2.15 bits per heavy atom. The fourth-order valence-corrected chi connectivity index (χ4v) is 1.89. The molecule has 0 aromatic carbocycles. The molecule has 0 spiro atoms. The summed E-state index contributed by atoms with van der Waals surface area (Å²) in [6.07, 6.45) is 0.753. The molecule has 0 fully saturated rings. The Morgan fingerprint density at radius 3 is 2.75 bits per heavy atom. The molecule has 1 rings (SSSR count). The normalized spacial score (nSPS) is 13.7. The molecule has 1 atom stereocenters. The average molecular weight is 293 g/mol. The van der Waals surface area contributed by atoms with Crippen LogP contribution < -0.4 is 5.32 Å². The number of imidazole rings is 1. The Hall–Kier alpha value is -1.08. The summed E-state index contributed by atoms with van der Waals surface area (Å²) in [6.45, 7) is 4.36. The van der Waals surface area contributed by atoms with E-state index in [4.69, 9.17) is 4.74 Å². The molecule has 0 amide bonds. The largest absolute Gasteiger partial charge is 0.411 e. The second-order valence-corrected chi connectivity index (χ2v) is 4.61. The third kappa shape index (κ3) is 6.38. The van der Waals surface area contributed by atoms with Gasteiger partial charge in [-0.2, -0.15) is 13.2 Å². The third-order valence-corrected chi connectivity index (χ3v) is 2.84. The molecule has 7 heteroatoms. The number of nitrogens with zero attached hydrogens (tertiary/aromatic N) is 2. The van der Waals surface area contributed by atoms with Gasteiger partial charge in [0.15, 0.2) is 0 Å². The lowest BCUT2D eigenvalue weighted by molar-refractivity contribution is -0.175. The molecular formula is C13H22F3N3O. The lowest BCUT2D eigenvalue weighted by Gasteiger charge is -2.19. The van der Waals surface area contributed by atoms with Crippen molar-refractivity contribution in [2.45, 2.75) is 45.5 Å². The number of hydrogen-bond acceptors (Lipinski definition) is 3. The van der Waals surface area contributed by atoms with Crippen LogP contribution in [-0.2, 0) is 17.7 Å². The lowest BCUT2D eigenvalue weighted by atomic mass is 10.2. The first-order valence-corrected chi connectivity index (χ1v) is 6.84. The zero-order valence-corrected chi connectivity index (χ0v) is 11.9. The van der Waals surface area contributed by atoms with Crippen LogP contribution in [-0.4, -0.2) is 41.5 Å². The van der Waals surface area contributed by atoms with Crippen LogP contribution in [0.1, 0.15) is 26.1 Å². The van der Waals surface area contributed by atoms with Gasteiger partial charge in [-0.25, -0.2) is 4.98 Å². The quantitative estimate of drug-likeness (QED) is 0.760. The Morgan fingerprint density at radius 1 is 1.40 bits per heavy atom. The number of aryl methyl sites for hydroxylation is 1. The second kappa shape index (κ2) is 8.26. The van der Waals surface area contributed by atoms with Gasteiger partial charge >= 0.3 is 6.18 Å². The first kappa shape index (κ1) is 17.0. The molecule has 0 saturated carbocycles. The molecule has 116 valence electrons. The van der Waals surface area contributed by atoms with Crippen LogP contribution in [0.5, 0.6) is 0 Å². The zero-order valence-electron chi connectivity index (χ0n) is 11.9. The van der Waals surface area contributed by atoms with Crippen molar-refractivity contribution in [3.05, 3.63) is 18.2 Å². The molecular weight excluding hydrogens is 271 g/mol. The van der Waals surface area contributed by atoms with Crippen molar-refractivity contribution >= 4 is 0 Å². The van der Waals surface area contributed by atoms with Gasteiger partial charge in [0.2, 0.25) is 0 Å². The summed E-state index contributed by atoms with van der Waals surface area (Å²) in [6, 6.07) is -0.162. The fraction of sp³-hybridized carbons (Fsp3) is 0.769. The number of aromatic nitrogens is 2. The molecule has 0 aliphatic carbocycles. The third-order valence-electron chi connectivity index (χ3n) is 2.84. The van der Waals surface area contributed by atoms with Crippen LogP contribution in [0, 0.1) is 0 Å². The van der Waals surface area contributed by atoms with E-state index in [1.165, 1.54) is 0 Å². The fourth-order valence-electron chi connectivity index (χ4n) is 1.89. The molecule has 0 aliphatic rings. The lowest BCUT2D eigenvalue weighted by Crippen LogP contribution is -2.37. The molecule has 4 nitrogen and oxygen atoms in total. The average Bonchev–Trinajstić information content (AvgIpc) is 2.81. The van der Waals surface area contributed by atoms with Gasteiger partial charge in [0.05, 0.1) is 6.61 Å². The van der Waals surface area contributed by atoms with Crippen LogP contribution in [0.25, 0.3) is 0 Å². The van der Waals surface area contributed by atoms with Crippen molar-refractivity contribution in [1.82, 2.24) is 14.9 Å². The van der Waals surface area contributed by atoms with Crippen molar-refractivity contribution in [2.75, 3.05) is 19.8 Å². The highest BCUT2D eigenvalue weighted by Gasteiger charge is 2.28. The molecule has 1 heterocycles. The molecule has 1 aromatic heterocycles. The molecule has 1 N–H and O–H groups in total. The van der Waals surface area contributed by atoms with E-state index in [1.54, 1.807) is 6.20 Å². The number of alkyl halides is 3. The van der Waals surface area contributed by atoms with E-state index in [9.17, 15) is 13.2 Å². The van der Waals surface area contributed by atoms with Crippen LogP contribution in [0.15, 0.2) is 12.4 Å². The molecule has 1 unspecified atom stereocenters. The predicted octanol–water partition coefficient (Wildman–Crippen LogP) is 2.39. The predicted molar refractivity (Wildman–Crippen MR) is 70.6 cm³/mol. The van der Waals surface area contributed by atoms with Gasteiger partial charge < -0.3 is 14.6 Å². The zero-order chi connectivity index (χ0) is 15.0. The topological polar surface area (TPSA) is 39.1 Å². The second-order valence-electron chi connectivity index (χ2n) is 4.61. The Bertz CT molecular complexity index is 379. The molecule has 1 aromatic rings. The van der Waals surface area contributed by atoms with Gasteiger partial charge in [0, 0.05) is 31.4 Å². The van der Waals surface area contributed by atoms with E-state index in [-0.39, 0.29) is 12.6 Å². The standard InChI is InChI=1S/C13H22F3N3O/c1-3-5-17-11(9-20-10-13(14,15)16)8-12-18-6-7-19(12)4-2/h6-7,11,17H,3-5,8-10H2,1-2H3. The van der Waals surface area contributed by atoms with Crippen molar-refractivity contribution in [3.63, 3.8) is 0 Å². The van der Waals surface area contributed by atoms with Gasteiger partial charge in [0.1, 0.15) is 12.4 Å². The van der Waals surface area contributed by atoms with Crippen LogP contribution in [0.3, 0.4) is 0 Å². The Labute approximate surface area is 117 Å². The van der Waals surface area contributed by atoms with Gasteiger partial charge in [-0.05, 0) is 19.9 Å². The van der Waals surface area contributed by atoms with Gasteiger partial charge in [-0.15, -0.1) is 0 Å². The Kier molecular flexibility index (Phi) is 7.01. The highest BCUT2D eigenvalue weighted by molar-refractivity contribution is 4.95. The minimum Gasteiger partial charge on any atom is -0.370 e. The maximum Gasteiger partial charge on any atom is 0.411 e. The summed E-state index contributed by atoms with van der Waals surface area (Å²) < 4.78 is 43.0. The summed E-state index contributed by atoms with van der Waals surface area (Å²) in [4.78, 5) is 4.24. The number of rotatable bonds is 9. The highest BCUT2D eigenvalue weighted by atomic mass is 19.4. The maximum absolute atomic E-state index is 12.1.